The number of nitrogens with zero attached hydrogens (tertiary/aromatic N) is 3. The molecule has 8 heteroatoms. The Morgan fingerprint density at radius 3 is 2.58 bits per heavy atom. The lowest BCUT2D eigenvalue weighted by Gasteiger charge is -2.27. The van der Waals surface area contributed by atoms with E-state index in [1.807, 2.05) is 37.3 Å². The molecule has 8 nitrogen and oxygen atoms in total. The van der Waals surface area contributed by atoms with Crippen molar-refractivity contribution in [2.75, 3.05) is 55.6 Å². The highest BCUT2D eigenvalue weighted by Crippen LogP contribution is 2.20. The fourth-order valence-electron chi connectivity index (χ4n) is 2.63. The third-order valence-electron chi connectivity index (χ3n) is 3.85. The quantitative estimate of drug-likeness (QED) is 0.817. The molecule has 2 aromatic rings. The molecule has 2 heterocycles. The van der Waals surface area contributed by atoms with Gasteiger partial charge in [-0.15, -0.1) is 0 Å². The van der Waals surface area contributed by atoms with E-state index in [0.717, 1.165) is 30.3 Å². The van der Waals surface area contributed by atoms with Gasteiger partial charge in [0.15, 0.2) is 0 Å². The van der Waals surface area contributed by atoms with Gasteiger partial charge in [0.05, 0.1) is 13.2 Å². The molecule has 1 aliphatic heterocycles. The smallest absolute Gasteiger partial charge is 0.250 e. The molecular formula is C18H23N5O3. The van der Waals surface area contributed by atoms with Gasteiger partial charge in [-0.25, -0.2) is 4.98 Å². The van der Waals surface area contributed by atoms with Crippen LogP contribution in [0, 0.1) is 6.92 Å². The number of benzene rings is 1. The lowest BCUT2D eigenvalue weighted by atomic mass is 10.2. The number of carbonyl (C=O) groups is 1. The lowest BCUT2D eigenvalue weighted by Crippen LogP contribution is -2.37. The maximum Gasteiger partial charge on any atom is 0.250 e. The molecule has 0 spiro atoms. The summed E-state index contributed by atoms with van der Waals surface area (Å²) in [7, 11) is 1.49. The number of morpholine rings is 1. The molecule has 1 aromatic carbocycles. The van der Waals surface area contributed by atoms with Crippen LogP contribution in [-0.2, 0) is 14.3 Å². The van der Waals surface area contributed by atoms with Crippen LogP contribution in [0.1, 0.15) is 5.69 Å². The van der Waals surface area contributed by atoms with Crippen LogP contribution in [0.15, 0.2) is 30.3 Å². The number of ether oxygens (including phenoxy) is 2. The molecule has 0 aliphatic carbocycles. The summed E-state index contributed by atoms with van der Waals surface area (Å²) in [5.41, 5.74) is 2.48. The molecule has 26 heavy (non-hydrogen) atoms. The molecule has 0 bridgehead atoms. The van der Waals surface area contributed by atoms with E-state index in [0.29, 0.717) is 24.8 Å². The van der Waals surface area contributed by atoms with Crippen molar-refractivity contribution < 1.29 is 14.3 Å². The van der Waals surface area contributed by atoms with Crippen LogP contribution in [0.4, 0.5) is 23.1 Å². The van der Waals surface area contributed by atoms with Gasteiger partial charge < -0.3 is 25.0 Å². The van der Waals surface area contributed by atoms with Crippen molar-refractivity contribution >= 4 is 29.0 Å². The summed E-state index contributed by atoms with van der Waals surface area (Å²) in [6.07, 6.45) is 0. The molecule has 0 unspecified atom stereocenters. The van der Waals surface area contributed by atoms with Crippen molar-refractivity contribution in [3.63, 3.8) is 0 Å². The zero-order valence-corrected chi connectivity index (χ0v) is 15.0. The number of amides is 1. The monoisotopic (exact) mass is 357 g/mol. The number of carbonyl (C=O) groups excluding carboxylic acids is 1. The van der Waals surface area contributed by atoms with Gasteiger partial charge in [-0.3, -0.25) is 4.79 Å². The predicted octanol–water partition coefficient (Wildman–Crippen LogP) is 1.95. The zero-order valence-electron chi connectivity index (χ0n) is 15.0. The molecule has 2 N–H and O–H groups in total. The van der Waals surface area contributed by atoms with E-state index < -0.39 is 0 Å². The van der Waals surface area contributed by atoms with Gasteiger partial charge >= 0.3 is 0 Å². The van der Waals surface area contributed by atoms with Crippen LogP contribution in [0.25, 0.3) is 0 Å². The van der Waals surface area contributed by atoms with Gasteiger partial charge in [0.25, 0.3) is 0 Å². The number of rotatable bonds is 6. The van der Waals surface area contributed by atoms with Crippen LogP contribution in [0.3, 0.4) is 0 Å². The number of hydrogen-bond donors (Lipinski definition) is 2. The average Bonchev–Trinajstić information content (AvgIpc) is 2.64. The minimum absolute atomic E-state index is 0.0323. The molecule has 0 radical (unpaired) electrons. The molecular weight excluding hydrogens is 334 g/mol. The van der Waals surface area contributed by atoms with Crippen molar-refractivity contribution in [1.82, 2.24) is 9.97 Å². The molecule has 3 rings (SSSR count). The number of hydrogen-bond acceptors (Lipinski definition) is 7. The normalized spacial score (nSPS) is 14.2. The molecule has 1 saturated heterocycles. The SMILES string of the molecule is COCC(=O)Nc1ccc(Nc2cc(C)nc(N3CCOCC3)n2)cc1. The number of nitrogens with one attached hydrogen (secondary N) is 2. The largest absolute Gasteiger partial charge is 0.378 e. The van der Waals surface area contributed by atoms with Gasteiger partial charge in [0.2, 0.25) is 11.9 Å². The molecule has 1 fully saturated rings. The Kier molecular flexibility index (Phi) is 5.98. The highest BCUT2D eigenvalue weighted by Gasteiger charge is 2.15. The fourth-order valence-corrected chi connectivity index (χ4v) is 2.63. The standard InChI is InChI=1S/C18H23N5O3/c1-13-11-16(22-18(19-13)23-7-9-26-10-8-23)20-14-3-5-15(6-4-14)21-17(24)12-25-2/h3-6,11H,7-10,12H2,1-2H3,(H,21,24)(H,19,20,22). The van der Waals surface area contributed by atoms with E-state index in [-0.39, 0.29) is 12.5 Å². The number of aromatic nitrogens is 2. The van der Waals surface area contributed by atoms with Gasteiger partial charge in [-0.2, -0.15) is 4.98 Å². The van der Waals surface area contributed by atoms with E-state index in [4.69, 9.17) is 9.47 Å². The van der Waals surface area contributed by atoms with Gasteiger partial charge in [0.1, 0.15) is 12.4 Å². The fraction of sp³-hybridized carbons (Fsp3) is 0.389. The second-order valence-corrected chi connectivity index (χ2v) is 5.98. The van der Waals surface area contributed by atoms with Gasteiger partial charge in [-0.05, 0) is 31.2 Å². The minimum atomic E-state index is -0.185. The summed E-state index contributed by atoms with van der Waals surface area (Å²) in [5, 5.41) is 6.04. The summed E-state index contributed by atoms with van der Waals surface area (Å²) in [6.45, 7) is 4.94. The molecule has 1 amide bonds. The topological polar surface area (TPSA) is 88.6 Å². The van der Waals surface area contributed by atoms with E-state index in [2.05, 4.69) is 25.5 Å². The second kappa shape index (κ2) is 8.59. The van der Waals surface area contributed by atoms with E-state index >= 15 is 0 Å². The first-order chi connectivity index (χ1) is 12.6. The summed E-state index contributed by atoms with van der Waals surface area (Å²) < 4.78 is 10.2. The van der Waals surface area contributed by atoms with Crippen molar-refractivity contribution in [1.29, 1.82) is 0 Å². The van der Waals surface area contributed by atoms with Crippen LogP contribution < -0.4 is 15.5 Å². The summed E-state index contributed by atoms with van der Waals surface area (Å²) in [4.78, 5) is 22.8. The summed E-state index contributed by atoms with van der Waals surface area (Å²) in [5.74, 6) is 1.25. The van der Waals surface area contributed by atoms with Crippen LogP contribution >= 0.6 is 0 Å². The first kappa shape index (κ1) is 18.1. The van der Waals surface area contributed by atoms with Crippen molar-refractivity contribution in [2.45, 2.75) is 6.92 Å². The molecule has 138 valence electrons. The number of methoxy groups -OCH3 is 1. The Bertz CT molecular complexity index is 745. The first-order valence-corrected chi connectivity index (χ1v) is 8.48. The average molecular weight is 357 g/mol. The van der Waals surface area contributed by atoms with Crippen LogP contribution in [0.5, 0.6) is 0 Å². The first-order valence-electron chi connectivity index (χ1n) is 8.48. The molecule has 0 saturated carbocycles. The Hall–Kier alpha value is -2.71. The maximum absolute atomic E-state index is 11.5. The minimum Gasteiger partial charge on any atom is -0.378 e. The highest BCUT2D eigenvalue weighted by molar-refractivity contribution is 5.91. The predicted molar refractivity (Wildman–Crippen MR) is 100 cm³/mol. The lowest BCUT2D eigenvalue weighted by molar-refractivity contribution is -0.119. The maximum atomic E-state index is 11.5. The number of anilines is 4. The molecule has 1 aliphatic rings. The van der Waals surface area contributed by atoms with Crippen LogP contribution in [-0.4, -0.2) is 55.9 Å². The Morgan fingerprint density at radius 2 is 1.88 bits per heavy atom. The zero-order chi connectivity index (χ0) is 18.4. The Labute approximate surface area is 152 Å². The van der Waals surface area contributed by atoms with Crippen molar-refractivity contribution in [3.05, 3.63) is 36.0 Å². The van der Waals surface area contributed by atoms with Gasteiger partial charge in [0, 0.05) is 43.3 Å². The molecule has 0 atom stereocenters. The van der Waals surface area contributed by atoms with E-state index in [9.17, 15) is 4.79 Å². The van der Waals surface area contributed by atoms with Crippen molar-refractivity contribution in [2.24, 2.45) is 0 Å². The summed E-state index contributed by atoms with van der Waals surface area (Å²) >= 11 is 0. The Balaban J connectivity index is 1.68. The Morgan fingerprint density at radius 1 is 1.19 bits per heavy atom. The van der Waals surface area contributed by atoms with Gasteiger partial charge in [-0.1, -0.05) is 0 Å². The van der Waals surface area contributed by atoms with Crippen LogP contribution in [0.2, 0.25) is 0 Å². The van der Waals surface area contributed by atoms with E-state index in [1.54, 1.807) is 0 Å². The second-order valence-electron chi connectivity index (χ2n) is 5.98. The van der Waals surface area contributed by atoms with E-state index in [1.165, 1.54) is 7.11 Å². The third kappa shape index (κ3) is 4.90. The molecule has 1 aromatic heterocycles. The van der Waals surface area contributed by atoms with Crippen molar-refractivity contribution in [3.8, 4) is 0 Å². The number of aryl methyl sites for hydroxylation is 1. The highest BCUT2D eigenvalue weighted by atomic mass is 16.5. The third-order valence-corrected chi connectivity index (χ3v) is 3.85. The summed E-state index contributed by atoms with van der Waals surface area (Å²) in [6, 6.07) is 9.32.